The first-order chi connectivity index (χ1) is 15.5. The number of nitrogens with zero attached hydrogens (tertiary/aromatic N) is 3. The van der Waals surface area contributed by atoms with Crippen LogP contribution in [-0.4, -0.2) is 73.2 Å². The summed E-state index contributed by atoms with van der Waals surface area (Å²) in [6.45, 7) is 4.61. The van der Waals surface area contributed by atoms with E-state index in [1.165, 1.54) is 24.2 Å². The second kappa shape index (κ2) is 12.4. The third-order valence-corrected chi connectivity index (χ3v) is 6.62. The number of thiazole rings is 1. The molecule has 0 saturated carbocycles. The summed E-state index contributed by atoms with van der Waals surface area (Å²) >= 11 is 13.3. The highest BCUT2D eigenvalue weighted by atomic mass is 35.5. The molecule has 0 unspecified atom stereocenters. The molecule has 3 amide bonds. The van der Waals surface area contributed by atoms with E-state index in [-0.39, 0.29) is 18.5 Å². The van der Waals surface area contributed by atoms with Gasteiger partial charge in [0.15, 0.2) is 0 Å². The number of aromatic nitrogens is 1. The van der Waals surface area contributed by atoms with Gasteiger partial charge in [-0.1, -0.05) is 23.2 Å². The maximum atomic E-state index is 12.8. The summed E-state index contributed by atoms with van der Waals surface area (Å²) < 4.78 is 5.13. The second-order valence-corrected chi connectivity index (χ2v) is 9.16. The topological polar surface area (TPSA) is 86.8 Å². The van der Waals surface area contributed by atoms with Gasteiger partial charge < -0.3 is 25.2 Å². The van der Waals surface area contributed by atoms with Crippen LogP contribution in [0.15, 0.2) is 23.6 Å². The molecule has 1 aromatic carbocycles. The highest BCUT2D eigenvalue weighted by Gasteiger charge is 2.18. The van der Waals surface area contributed by atoms with Gasteiger partial charge in [0.05, 0.1) is 23.2 Å². The number of urea groups is 1. The Labute approximate surface area is 201 Å². The minimum absolute atomic E-state index is 0.199. The Kier molecular flexibility index (Phi) is 9.55. The van der Waals surface area contributed by atoms with E-state index < -0.39 is 0 Å². The van der Waals surface area contributed by atoms with E-state index >= 15 is 0 Å². The van der Waals surface area contributed by atoms with Gasteiger partial charge in [0, 0.05) is 37.8 Å². The van der Waals surface area contributed by atoms with Crippen molar-refractivity contribution in [3.8, 4) is 0 Å². The number of nitrogens with one attached hydrogen (secondary N) is 2. The Morgan fingerprint density at radius 1 is 1.25 bits per heavy atom. The Morgan fingerprint density at radius 3 is 2.75 bits per heavy atom. The molecule has 1 saturated heterocycles. The fourth-order valence-corrected chi connectivity index (χ4v) is 4.39. The van der Waals surface area contributed by atoms with Gasteiger partial charge in [0.2, 0.25) is 0 Å². The molecule has 2 N–H and O–H groups in total. The molecule has 2 aromatic rings. The first-order valence-electron chi connectivity index (χ1n) is 10.4. The number of hydrogen-bond acceptors (Lipinski definition) is 6. The maximum Gasteiger partial charge on any atom is 0.322 e. The molecule has 174 valence electrons. The van der Waals surface area contributed by atoms with E-state index in [0.717, 1.165) is 19.6 Å². The van der Waals surface area contributed by atoms with Crippen LogP contribution in [0.2, 0.25) is 10.0 Å². The van der Waals surface area contributed by atoms with Crippen molar-refractivity contribution in [3.05, 3.63) is 44.3 Å². The van der Waals surface area contributed by atoms with Crippen LogP contribution in [0.3, 0.4) is 0 Å². The lowest BCUT2D eigenvalue weighted by molar-refractivity contribution is 0.0945. The number of rotatable bonds is 10. The van der Waals surface area contributed by atoms with Crippen LogP contribution in [-0.2, 0) is 11.3 Å². The molecule has 1 fully saturated rings. The molecular weight excluding hydrogens is 473 g/mol. The van der Waals surface area contributed by atoms with E-state index in [1.54, 1.807) is 35.6 Å². The van der Waals surface area contributed by atoms with Gasteiger partial charge in [-0.05, 0) is 44.1 Å². The summed E-state index contributed by atoms with van der Waals surface area (Å²) in [6, 6.07) is 4.56. The Balaban J connectivity index is 1.56. The zero-order chi connectivity index (χ0) is 22.9. The number of methoxy groups -OCH3 is 1. The highest BCUT2D eigenvalue weighted by molar-refractivity contribution is 7.09. The molecular formula is C21H27Cl2N5O3S. The molecule has 11 heteroatoms. The van der Waals surface area contributed by atoms with Crippen LogP contribution >= 0.6 is 34.5 Å². The van der Waals surface area contributed by atoms with Crippen molar-refractivity contribution in [3.63, 3.8) is 0 Å². The van der Waals surface area contributed by atoms with Crippen LogP contribution in [0.4, 0.5) is 10.5 Å². The summed E-state index contributed by atoms with van der Waals surface area (Å²) in [7, 11) is 1.57. The van der Waals surface area contributed by atoms with Crippen molar-refractivity contribution in [1.29, 1.82) is 0 Å². The van der Waals surface area contributed by atoms with Gasteiger partial charge in [-0.3, -0.25) is 4.79 Å². The van der Waals surface area contributed by atoms with Crippen molar-refractivity contribution < 1.29 is 14.3 Å². The van der Waals surface area contributed by atoms with Crippen LogP contribution in [0.1, 0.15) is 28.3 Å². The average Bonchev–Trinajstić information content (AvgIpc) is 3.46. The summed E-state index contributed by atoms with van der Waals surface area (Å²) in [6.07, 6.45) is 2.45. The normalized spacial score (nSPS) is 13.8. The van der Waals surface area contributed by atoms with E-state index in [1.807, 2.05) is 0 Å². The zero-order valence-electron chi connectivity index (χ0n) is 17.9. The first-order valence-corrected chi connectivity index (χ1v) is 12.0. The summed E-state index contributed by atoms with van der Waals surface area (Å²) in [4.78, 5) is 33.5. The molecule has 0 aliphatic carbocycles. The molecule has 0 atom stereocenters. The van der Waals surface area contributed by atoms with Gasteiger partial charge in [-0.2, -0.15) is 0 Å². The van der Waals surface area contributed by atoms with Crippen LogP contribution in [0.5, 0.6) is 0 Å². The number of benzene rings is 1. The summed E-state index contributed by atoms with van der Waals surface area (Å²) in [5.41, 5.74) is 0.895. The highest BCUT2D eigenvalue weighted by Crippen LogP contribution is 2.25. The van der Waals surface area contributed by atoms with Crippen molar-refractivity contribution in [2.75, 3.05) is 51.8 Å². The number of likely N-dealkylation sites (tertiary alicyclic amines) is 1. The SMILES string of the molecule is COCCN(Cc1nc(C(=O)NCCN2CCCC2)cs1)C(=O)Nc1ccc(Cl)c(Cl)c1. The monoisotopic (exact) mass is 499 g/mol. The third kappa shape index (κ3) is 7.31. The lowest BCUT2D eigenvalue weighted by atomic mass is 10.3. The van der Waals surface area contributed by atoms with Crippen molar-refractivity contribution >= 4 is 52.2 Å². The van der Waals surface area contributed by atoms with Crippen molar-refractivity contribution in [2.45, 2.75) is 19.4 Å². The van der Waals surface area contributed by atoms with E-state index in [0.29, 0.717) is 46.1 Å². The van der Waals surface area contributed by atoms with E-state index in [4.69, 9.17) is 27.9 Å². The molecule has 1 aliphatic rings. The number of hydrogen-bond donors (Lipinski definition) is 2. The van der Waals surface area contributed by atoms with Gasteiger partial charge in [0.1, 0.15) is 10.7 Å². The van der Waals surface area contributed by atoms with Gasteiger partial charge >= 0.3 is 6.03 Å². The molecule has 3 rings (SSSR count). The molecule has 0 bridgehead atoms. The minimum atomic E-state index is -0.327. The molecule has 1 aliphatic heterocycles. The fourth-order valence-electron chi connectivity index (χ4n) is 3.31. The standard InChI is InChI=1S/C21H27Cl2N5O3S/c1-31-11-10-28(21(30)25-15-4-5-16(22)17(23)12-15)13-19-26-18(14-32-19)20(29)24-6-9-27-7-2-3-8-27/h4-5,12,14H,2-3,6-11,13H2,1H3,(H,24,29)(H,25,30). The first kappa shape index (κ1) is 24.7. The lowest BCUT2D eigenvalue weighted by Crippen LogP contribution is -2.37. The number of halogens is 2. The van der Waals surface area contributed by atoms with E-state index in [2.05, 4.69) is 20.5 Å². The predicted octanol–water partition coefficient (Wildman–Crippen LogP) is 3.96. The quantitative estimate of drug-likeness (QED) is 0.516. The Morgan fingerprint density at radius 2 is 2.03 bits per heavy atom. The van der Waals surface area contributed by atoms with Gasteiger partial charge in [-0.15, -0.1) is 11.3 Å². The van der Waals surface area contributed by atoms with Gasteiger partial charge in [-0.25, -0.2) is 9.78 Å². The maximum absolute atomic E-state index is 12.8. The molecule has 1 aromatic heterocycles. The molecule has 0 spiro atoms. The Bertz CT molecular complexity index is 921. The van der Waals surface area contributed by atoms with Crippen LogP contribution < -0.4 is 10.6 Å². The minimum Gasteiger partial charge on any atom is -0.383 e. The third-order valence-electron chi connectivity index (χ3n) is 5.05. The zero-order valence-corrected chi connectivity index (χ0v) is 20.2. The van der Waals surface area contributed by atoms with Gasteiger partial charge in [0.25, 0.3) is 5.91 Å². The van der Waals surface area contributed by atoms with Crippen molar-refractivity contribution in [1.82, 2.24) is 20.1 Å². The number of ether oxygens (including phenoxy) is 1. The number of carbonyl (C=O) groups is 2. The molecule has 0 radical (unpaired) electrons. The number of anilines is 1. The molecule has 2 heterocycles. The van der Waals surface area contributed by atoms with Crippen LogP contribution in [0.25, 0.3) is 0 Å². The predicted molar refractivity (Wildman–Crippen MR) is 128 cm³/mol. The average molecular weight is 500 g/mol. The smallest absolute Gasteiger partial charge is 0.322 e. The second-order valence-electron chi connectivity index (χ2n) is 7.40. The number of carbonyl (C=O) groups excluding carboxylic acids is 2. The summed E-state index contributed by atoms with van der Waals surface area (Å²) in [5.74, 6) is -0.199. The Hall–Kier alpha value is -1.91. The van der Waals surface area contributed by atoms with Crippen LogP contribution in [0, 0.1) is 0 Å². The lowest BCUT2D eigenvalue weighted by Gasteiger charge is -2.22. The fraction of sp³-hybridized carbons (Fsp3) is 0.476. The van der Waals surface area contributed by atoms with Crippen molar-refractivity contribution in [2.24, 2.45) is 0 Å². The number of amides is 3. The van der Waals surface area contributed by atoms with E-state index in [9.17, 15) is 9.59 Å². The summed E-state index contributed by atoms with van der Waals surface area (Å²) in [5, 5.41) is 8.87. The largest absolute Gasteiger partial charge is 0.383 e. The molecule has 32 heavy (non-hydrogen) atoms. The molecule has 8 nitrogen and oxygen atoms in total.